The van der Waals surface area contributed by atoms with Crippen LogP contribution in [0.3, 0.4) is 0 Å². The molecular formula is C25H23NO2. The third kappa shape index (κ3) is 4.44. The van der Waals surface area contributed by atoms with Crippen LogP contribution in [0.4, 0.5) is 5.69 Å². The normalized spacial score (nSPS) is 10.6. The highest BCUT2D eigenvalue weighted by atomic mass is 16.5. The number of hydrogen-bond acceptors (Lipinski definition) is 3. The lowest BCUT2D eigenvalue weighted by Crippen LogP contribution is -2.00. The van der Waals surface area contributed by atoms with Crippen molar-refractivity contribution >= 4 is 16.5 Å². The van der Waals surface area contributed by atoms with Gasteiger partial charge < -0.3 is 14.8 Å². The second kappa shape index (κ2) is 8.49. The van der Waals surface area contributed by atoms with E-state index >= 15 is 0 Å². The van der Waals surface area contributed by atoms with Crippen LogP contribution in [0.5, 0.6) is 11.5 Å². The zero-order valence-electron chi connectivity index (χ0n) is 15.9. The smallest absolute Gasteiger partial charge is 0.119 e. The number of anilines is 1. The fourth-order valence-electron chi connectivity index (χ4n) is 3.11. The third-order valence-corrected chi connectivity index (χ3v) is 4.72. The van der Waals surface area contributed by atoms with Crippen molar-refractivity contribution < 1.29 is 9.47 Å². The molecule has 0 radical (unpaired) electrons. The van der Waals surface area contributed by atoms with Crippen molar-refractivity contribution in [1.82, 2.24) is 0 Å². The Labute approximate surface area is 165 Å². The van der Waals surface area contributed by atoms with Crippen LogP contribution in [-0.4, -0.2) is 7.11 Å². The van der Waals surface area contributed by atoms with Gasteiger partial charge >= 0.3 is 0 Å². The first-order valence-electron chi connectivity index (χ1n) is 9.37. The molecule has 0 amide bonds. The van der Waals surface area contributed by atoms with Crippen LogP contribution < -0.4 is 14.8 Å². The molecule has 0 bridgehead atoms. The number of rotatable bonds is 7. The molecule has 1 N–H and O–H groups in total. The van der Waals surface area contributed by atoms with E-state index in [0.717, 1.165) is 23.7 Å². The van der Waals surface area contributed by atoms with E-state index in [4.69, 9.17) is 9.47 Å². The number of hydrogen-bond donors (Lipinski definition) is 1. The number of methoxy groups -OCH3 is 1. The minimum atomic E-state index is 0.584. The monoisotopic (exact) mass is 369 g/mol. The largest absolute Gasteiger partial charge is 0.497 e. The fourth-order valence-corrected chi connectivity index (χ4v) is 3.11. The molecular weight excluding hydrogens is 346 g/mol. The van der Waals surface area contributed by atoms with Gasteiger partial charge in [0.1, 0.15) is 18.1 Å². The van der Waals surface area contributed by atoms with Crippen LogP contribution in [0, 0.1) is 0 Å². The molecule has 4 aromatic rings. The summed E-state index contributed by atoms with van der Waals surface area (Å²) in [5, 5.41) is 5.85. The summed E-state index contributed by atoms with van der Waals surface area (Å²) in [5.74, 6) is 1.76. The van der Waals surface area contributed by atoms with E-state index in [-0.39, 0.29) is 0 Å². The van der Waals surface area contributed by atoms with Gasteiger partial charge in [0.05, 0.1) is 7.11 Å². The summed E-state index contributed by atoms with van der Waals surface area (Å²) in [6.45, 7) is 1.35. The van der Waals surface area contributed by atoms with Crippen LogP contribution in [0.25, 0.3) is 10.8 Å². The maximum atomic E-state index is 5.85. The molecule has 0 saturated carbocycles. The second-order valence-corrected chi connectivity index (χ2v) is 6.70. The number of nitrogens with one attached hydrogen (secondary N) is 1. The Bertz CT molecular complexity index is 1040. The molecule has 0 aliphatic heterocycles. The first-order valence-corrected chi connectivity index (χ1v) is 9.37. The molecule has 28 heavy (non-hydrogen) atoms. The summed E-state index contributed by atoms with van der Waals surface area (Å²) in [4.78, 5) is 0. The molecule has 3 nitrogen and oxygen atoms in total. The summed E-state index contributed by atoms with van der Waals surface area (Å²) in [6, 6.07) is 30.9. The Morgan fingerprint density at radius 2 is 1.39 bits per heavy atom. The van der Waals surface area contributed by atoms with Gasteiger partial charge in [0.15, 0.2) is 0 Å². The second-order valence-electron chi connectivity index (χ2n) is 6.70. The molecule has 140 valence electrons. The maximum absolute atomic E-state index is 5.85. The molecule has 4 rings (SSSR count). The van der Waals surface area contributed by atoms with Crippen LogP contribution in [0.15, 0.2) is 91.0 Å². The van der Waals surface area contributed by atoms with Crippen molar-refractivity contribution in [2.75, 3.05) is 12.4 Å². The molecule has 0 heterocycles. The molecule has 0 aromatic heterocycles. The predicted molar refractivity (Wildman–Crippen MR) is 115 cm³/mol. The summed E-state index contributed by atoms with van der Waals surface area (Å²) in [7, 11) is 1.69. The van der Waals surface area contributed by atoms with Gasteiger partial charge in [-0.3, -0.25) is 0 Å². The van der Waals surface area contributed by atoms with Crippen LogP contribution in [0.1, 0.15) is 11.1 Å². The van der Waals surface area contributed by atoms with E-state index in [9.17, 15) is 0 Å². The van der Waals surface area contributed by atoms with Gasteiger partial charge in [-0.1, -0.05) is 54.6 Å². The molecule has 0 spiro atoms. The first-order chi connectivity index (χ1) is 13.8. The SMILES string of the molecule is COc1ccc2cc(NCc3ccc(OCc4ccccc4)cc3)ccc2c1. The van der Waals surface area contributed by atoms with E-state index in [2.05, 4.69) is 53.8 Å². The molecule has 3 heteroatoms. The summed E-state index contributed by atoms with van der Waals surface area (Å²) in [5.41, 5.74) is 3.48. The van der Waals surface area contributed by atoms with Crippen molar-refractivity contribution in [1.29, 1.82) is 0 Å². The van der Waals surface area contributed by atoms with E-state index in [1.54, 1.807) is 7.11 Å². The van der Waals surface area contributed by atoms with Crippen molar-refractivity contribution in [2.45, 2.75) is 13.2 Å². The molecule has 0 saturated heterocycles. The van der Waals surface area contributed by atoms with Gasteiger partial charge in [0.2, 0.25) is 0 Å². The van der Waals surface area contributed by atoms with Gasteiger partial charge in [0, 0.05) is 12.2 Å². The minimum absolute atomic E-state index is 0.584. The zero-order valence-corrected chi connectivity index (χ0v) is 15.9. The van der Waals surface area contributed by atoms with Gasteiger partial charge in [-0.25, -0.2) is 0 Å². The molecule has 0 fully saturated rings. The average Bonchev–Trinajstić information content (AvgIpc) is 2.77. The molecule has 0 unspecified atom stereocenters. The Morgan fingerprint density at radius 1 is 0.679 bits per heavy atom. The lowest BCUT2D eigenvalue weighted by Gasteiger charge is -2.10. The Morgan fingerprint density at radius 3 is 2.18 bits per heavy atom. The third-order valence-electron chi connectivity index (χ3n) is 4.72. The van der Waals surface area contributed by atoms with Gasteiger partial charge in [-0.05, 0) is 58.3 Å². The van der Waals surface area contributed by atoms with Gasteiger partial charge in [-0.15, -0.1) is 0 Å². The van der Waals surface area contributed by atoms with E-state index in [1.807, 2.05) is 42.5 Å². The van der Waals surface area contributed by atoms with Crippen molar-refractivity contribution in [3.8, 4) is 11.5 Å². The number of fused-ring (bicyclic) bond motifs is 1. The minimum Gasteiger partial charge on any atom is -0.497 e. The van der Waals surface area contributed by atoms with E-state index in [1.165, 1.54) is 21.9 Å². The van der Waals surface area contributed by atoms with Crippen molar-refractivity contribution in [3.63, 3.8) is 0 Å². The Balaban J connectivity index is 1.35. The Hall–Kier alpha value is -3.46. The van der Waals surface area contributed by atoms with Crippen molar-refractivity contribution in [2.24, 2.45) is 0 Å². The van der Waals surface area contributed by atoms with E-state index in [0.29, 0.717) is 6.61 Å². The maximum Gasteiger partial charge on any atom is 0.119 e. The highest BCUT2D eigenvalue weighted by Crippen LogP contribution is 2.24. The lowest BCUT2D eigenvalue weighted by molar-refractivity contribution is 0.306. The molecule has 4 aromatic carbocycles. The molecule has 0 aliphatic carbocycles. The zero-order chi connectivity index (χ0) is 19.2. The van der Waals surface area contributed by atoms with Gasteiger partial charge in [0.25, 0.3) is 0 Å². The number of ether oxygens (including phenoxy) is 2. The number of benzene rings is 4. The fraction of sp³-hybridized carbons (Fsp3) is 0.120. The first kappa shape index (κ1) is 17.9. The quantitative estimate of drug-likeness (QED) is 0.431. The average molecular weight is 369 g/mol. The Kier molecular flexibility index (Phi) is 5.43. The molecule has 0 aliphatic rings. The van der Waals surface area contributed by atoms with E-state index < -0.39 is 0 Å². The highest BCUT2D eigenvalue weighted by molar-refractivity contribution is 5.86. The predicted octanol–water partition coefficient (Wildman–Crippen LogP) is 6.04. The summed E-state index contributed by atoms with van der Waals surface area (Å²) in [6.07, 6.45) is 0. The van der Waals surface area contributed by atoms with Crippen LogP contribution in [0.2, 0.25) is 0 Å². The summed E-state index contributed by atoms with van der Waals surface area (Å²) < 4.78 is 11.1. The standard InChI is InChI=1S/C25H23NO2/c1-27-25-14-10-21-15-23(11-9-22(21)16-25)26-17-19-7-12-24(13-8-19)28-18-20-5-3-2-4-6-20/h2-16,26H,17-18H2,1H3. The van der Waals surface area contributed by atoms with Crippen molar-refractivity contribution in [3.05, 3.63) is 102 Å². The van der Waals surface area contributed by atoms with Gasteiger partial charge in [-0.2, -0.15) is 0 Å². The highest BCUT2D eigenvalue weighted by Gasteiger charge is 2.01. The lowest BCUT2D eigenvalue weighted by atomic mass is 10.1. The van der Waals surface area contributed by atoms with Crippen LogP contribution in [-0.2, 0) is 13.2 Å². The molecule has 0 atom stereocenters. The topological polar surface area (TPSA) is 30.5 Å². The van der Waals surface area contributed by atoms with Crippen LogP contribution >= 0.6 is 0 Å². The summed E-state index contributed by atoms with van der Waals surface area (Å²) >= 11 is 0.